The Hall–Kier alpha value is -2.52. The third kappa shape index (κ3) is 11.5. The van der Waals surface area contributed by atoms with Gasteiger partial charge >= 0.3 is 0 Å². The van der Waals surface area contributed by atoms with E-state index in [1.807, 2.05) is 0 Å². The highest BCUT2D eigenvalue weighted by atomic mass is 14.3. The van der Waals surface area contributed by atoms with E-state index in [4.69, 9.17) is 0 Å². The molecule has 2 aliphatic rings. The summed E-state index contributed by atoms with van der Waals surface area (Å²) in [6, 6.07) is 0. The van der Waals surface area contributed by atoms with Gasteiger partial charge in [-0.1, -0.05) is 123 Å². The van der Waals surface area contributed by atoms with Crippen LogP contribution in [0.5, 0.6) is 0 Å². The van der Waals surface area contributed by atoms with Crippen LogP contribution < -0.4 is 0 Å². The molecule has 40 heavy (non-hydrogen) atoms. The standard InChI is InChI=1S/C40H58/c1-31(19-13-21-33(3)25-27-37-35(5)23-15-29-39(37,7)8)17-11-12-18-32(2)20-14-22-34(4)26-28-38-36(6)24-16-30-40(38,9)10/h11-13,17-19,22,25,27,33H,15-16,21,23-24,26,28-30H2,1-10H3/b12-11-,19-13?,27-25+,31-17+,32-18-,34-22+. The van der Waals surface area contributed by atoms with Crippen LogP contribution in [0.1, 0.15) is 127 Å². The first-order valence-electron chi connectivity index (χ1n) is 15.7. The third-order valence-corrected chi connectivity index (χ3v) is 8.88. The van der Waals surface area contributed by atoms with Crippen LogP contribution in [0, 0.1) is 28.6 Å². The predicted octanol–water partition coefficient (Wildman–Crippen LogP) is 12.4. The van der Waals surface area contributed by atoms with E-state index in [0.717, 1.165) is 18.4 Å². The van der Waals surface area contributed by atoms with Crippen molar-refractivity contribution in [1.82, 2.24) is 0 Å². The molecule has 1 unspecified atom stereocenters. The van der Waals surface area contributed by atoms with Crippen LogP contribution in [0.2, 0.25) is 0 Å². The van der Waals surface area contributed by atoms with Crippen molar-refractivity contribution < 1.29 is 0 Å². The Kier molecular flexibility index (Phi) is 13.5. The fourth-order valence-electron chi connectivity index (χ4n) is 6.22. The third-order valence-electron chi connectivity index (χ3n) is 8.88. The van der Waals surface area contributed by atoms with Crippen molar-refractivity contribution in [2.45, 2.75) is 127 Å². The normalized spacial score (nSPS) is 21.5. The molecule has 218 valence electrons. The summed E-state index contributed by atoms with van der Waals surface area (Å²) in [5.41, 5.74) is 10.8. The maximum Gasteiger partial charge on any atom is -0.000725 e. The van der Waals surface area contributed by atoms with Crippen molar-refractivity contribution in [3.63, 3.8) is 0 Å². The molecule has 0 aromatic heterocycles. The first kappa shape index (κ1) is 33.7. The van der Waals surface area contributed by atoms with Crippen molar-refractivity contribution in [2.75, 3.05) is 0 Å². The van der Waals surface area contributed by atoms with Crippen molar-refractivity contribution in [3.05, 3.63) is 93.7 Å². The fraction of sp³-hybridized carbons (Fsp3) is 0.550. The average molecular weight is 539 g/mol. The monoisotopic (exact) mass is 538 g/mol. The first-order chi connectivity index (χ1) is 18.8. The van der Waals surface area contributed by atoms with Crippen LogP contribution in [0.3, 0.4) is 0 Å². The van der Waals surface area contributed by atoms with Gasteiger partial charge in [0.25, 0.3) is 0 Å². The van der Waals surface area contributed by atoms with Crippen LogP contribution in [-0.2, 0) is 0 Å². The zero-order valence-electron chi connectivity index (χ0n) is 27.6. The van der Waals surface area contributed by atoms with E-state index < -0.39 is 0 Å². The Morgan fingerprint density at radius 2 is 1.55 bits per heavy atom. The minimum Gasteiger partial charge on any atom is -0.0837 e. The van der Waals surface area contributed by atoms with Crippen molar-refractivity contribution >= 4 is 0 Å². The molecule has 2 rings (SSSR count). The molecule has 0 aromatic rings. The first-order valence-corrected chi connectivity index (χ1v) is 15.7. The van der Waals surface area contributed by atoms with E-state index >= 15 is 0 Å². The lowest BCUT2D eigenvalue weighted by Gasteiger charge is -2.34. The highest BCUT2D eigenvalue weighted by Gasteiger charge is 2.28. The van der Waals surface area contributed by atoms with Crippen LogP contribution in [0.4, 0.5) is 0 Å². The Bertz CT molecular complexity index is 1160. The summed E-state index contributed by atoms with van der Waals surface area (Å²) in [5.74, 6) is 7.09. The molecule has 0 saturated carbocycles. The van der Waals surface area contributed by atoms with E-state index in [9.17, 15) is 0 Å². The number of hydrogen-bond acceptors (Lipinski definition) is 0. The van der Waals surface area contributed by atoms with E-state index in [1.54, 1.807) is 22.3 Å². The maximum absolute atomic E-state index is 3.28. The smallest absolute Gasteiger partial charge is 0.000725 e. The second kappa shape index (κ2) is 16.1. The van der Waals surface area contributed by atoms with Gasteiger partial charge in [-0.25, -0.2) is 0 Å². The van der Waals surface area contributed by atoms with E-state index in [-0.39, 0.29) is 0 Å². The summed E-state index contributed by atoms with van der Waals surface area (Å²) in [6.07, 6.45) is 31.1. The molecule has 0 bridgehead atoms. The molecule has 0 heteroatoms. The average Bonchev–Trinajstić information content (AvgIpc) is 2.85. The summed E-state index contributed by atoms with van der Waals surface area (Å²) in [6.45, 7) is 23.0. The molecule has 0 N–H and O–H groups in total. The second-order valence-electron chi connectivity index (χ2n) is 13.8. The largest absolute Gasteiger partial charge is 0.0837 e. The van der Waals surface area contributed by atoms with Crippen LogP contribution in [0.15, 0.2) is 93.7 Å². The molecule has 0 aromatic carbocycles. The number of hydrogen-bond donors (Lipinski definition) is 0. The summed E-state index contributed by atoms with van der Waals surface area (Å²) >= 11 is 0. The molecule has 0 radical (unpaired) electrons. The zero-order chi connectivity index (χ0) is 29.8. The molecule has 0 saturated heterocycles. The number of allylic oxidation sites excluding steroid dienone is 16. The topological polar surface area (TPSA) is 0 Å². The Morgan fingerprint density at radius 1 is 0.900 bits per heavy atom. The van der Waals surface area contributed by atoms with Gasteiger partial charge in [-0.15, -0.1) is 0 Å². The lowest BCUT2D eigenvalue weighted by atomic mass is 9.71. The van der Waals surface area contributed by atoms with E-state index in [2.05, 4.69) is 136 Å². The maximum atomic E-state index is 3.28. The Labute approximate surface area is 248 Å². The molecule has 0 nitrogen and oxygen atoms in total. The summed E-state index contributed by atoms with van der Waals surface area (Å²) < 4.78 is 0. The van der Waals surface area contributed by atoms with Gasteiger partial charge in [0, 0.05) is 0 Å². The van der Waals surface area contributed by atoms with Gasteiger partial charge < -0.3 is 0 Å². The van der Waals surface area contributed by atoms with Gasteiger partial charge in [-0.3, -0.25) is 0 Å². The van der Waals surface area contributed by atoms with Crippen LogP contribution >= 0.6 is 0 Å². The molecule has 0 amide bonds. The van der Waals surface area contributed by atoms with Crippen LogP contribution in [-0.4, -0.2) is 0 Å². The van der Waals surface area contributed by atoms with E-state index in [0.29, 0.717) is 16.7 Å². The highest BCUT2D eigenvalue weighted by Crippen LogP contribution is 2.43. The van der Waals surface area contributed by atoms with Crippen molar-refractivity contribution in [1.29, 1.82) is 0 Å². The van der Waals surface area contributed by atoms with E-state index in [1.165, 1.54) is 56.1 Å². The van der Waals surface area contributed by atoms with Gasteiger partial charge in [-0.05, 0) is 126 Å². The van der Waals surface area contributed by atoms with Gasteiger partial charge in [0.2, 0.25) is 0 Å². The lowest BCUT2D eigenvalue weighted by molar-refractivity contribution is 0.354. The Balaban J connectivity index is 1.81. The minimum absolute atomic E-state index is 0.317. The van der Waals surface area contributed by atoms with Crippen LogP contribution in [0.25, 0.3) is 0 Å². The van der Waals surface area contributed by atoms with Gasteiger partial charge in [0.05, 0.1) is 0 Å². The van der Waals surface area contributed by atoms with Crippen molar-refractivity contribution in [2.24, 2.45) is 16.7 Å². The van der Waals surface area contributed by atoms with Gasteiger partial charge in [0.15, 0.2) is 0 Å². The lowest BCUT2D eigenvalue weighted by Crippen LogP contribution is -2.20. The molecule has 2 aliphatic carbocycles. The molecular formula is C40H58. The molecule has 1 atom stereocenters. The zero-order valence-corrected chi connectivity index (χ0v) is 27.6. The molecule has 0 aliphatic heterocycles. The summed E-state index contributed by atoms with van der Waals surface area (Å²) in [7, 11) is 0. The molecule has 0 heterocycles. The molecule has 0 fully saturated rings. The second-order valence-corrected chi connectivity index (χ2v) is 13.8. The molecular weight excluding hydrogens is 480 g/mol. The van der Waals surface area contributed by atoms with Gasteiger partial charge in [0.1, 0.15) is 0 Å². The number of rotatable bonds is 10. The Morgan fingerprint density at radius 3 is 2.23 bits per heavy atom. The highest BCUT2D eigenvalue weighted by molar-refractivity contribution is 5.36. The van der Waals surface area contributed by atoms with Gasteiger partial charge in [-0.2, -0.15) is 0 Å². The quantitative estimate of drug-likeness (QED) is 0.147. The summed E-state index contributed by atoms with van der Waals surface area (Å²) in [4.78, 5) is 0. The predicted molar refractivity (Wildman–Crippen MR) is 180 cm³/mol. The van der Waals surface area contributed by atoms with Crippen molar-refractivity contribution in [3.8, 4) is 11.8 Å². The minimum atomic E-state index is 0.317. The fourth-order valence-corrected chi connectivity index (χ4v) is 6.22. The summed E-state index contributed by atoms with van der Waals surface area (Å²) in [5, 5.41) is 0. The SMILES string of the molecule is CC1=C(/C=C/C(C)CC=C/C(C)=C/C=C\C=C(\C)C#C/C=C(\C)CCC2=C(C)CCCC2(C)C)C(C)(C)CCC1. The molecule has 0 spiro atoms.